The lowest BCUT2D eigenvalue weighted by Crippen LogP contribution is -2.05. The Morgan fingerprint density at radius 2 is 1.83 bits per heavy atom. The molecule has 0 saturated carbocycles. The van der Waals surface area contributed by atoms with E-state index >= 15 is 0 Å². The second kappa shape index (κ2) is 5.33. The highest BCUT2D eigenvalue weighted by atomic mass is 15.6. The second-order valence-electron chi connectivity index (χ2n) is 6.46. The third-order valence-corrected chi connectivity index (χ3v) is 4.07. The minimum Gasteiger partial charge on any atom is -0.235 e. The predicted octanol–water partition coefficient (Wildman–Crippen LogP) is 2.48. The van der Waals surface area contributed by atoms with E-state index in [9.17, 15) is 0 Å². The van der Waals surface area contributed by atoms with Gasteiger partial charge in [0.15, 0.2) is 5.65 Å². The molecule has 0 aromatic carbocycles. The Balaban J connectivity index is 1.97. The van der Waals surface area contributed by atoms with Gasteiger partial charge in [0.25, 0.3) is 0 Å². The van der Waals surface area contributed by atoms with E-state index < -0.39 is 0 Å². The van der Waals surface area contributed by atoms with Gasteiger partial charge in [-0.3, -0.25) is 0 Å². The van der Waals surface area contributed by atoms with Crippen LogP contribution in [0, 0.1) is 0 Å². The van der Waals surface area contributed by atoms with Crippen molar-refractivity contribution in [1.82, 2.24) is 39.9 Å². The Hall–Kier alpha value is -2.90. The van der Waals surface area contributed by atoms with E-state index in [-0.39, 0.29) is 5.92 Å². The van der Waals surface area contributed by atoms with Gasteiger partial charge in [-0.2, -0.15) is 5.10 Å². The molecule has 0 spiro atoms. The van der Waals surface area contributed by atoms with Gasteiger partial charge in [-0.25, -0.2) is 9.50 Å². The van der Waals surface area contributed by atoms with Crippen molar-refractivity contribution in [2.24, 2.45) is 0 Å². The topological polar surface area (TPSA) is 86.2 Å². The first kappa shape index (κ1) is 14.7. The summed E-state index contributed by atoms with van der Waals surface area (Å²) in [4.78, 5) is 4.44. The summed E-state index contributed by atoms with van der Waals surface area (Å²) < 4.78 is 3.30. The number of imidazole rings is 1. The van der Waals surface area contributed by atoms with E-state index in [2.05, 4.69) is 53.3 Å². The molecule has 8 heteroatoms. The van der Waals surface area contributed by atoms with Crippen LogP contribution < -0.4 is 0 Å². The van der Waals surface area contributed by atoms with Gasteiger partial charge in [0.1, 0.15) is 11.4 Å². The van der Waals surface area contributed by atoms with Gasteiger partial charge in [0.05, 0.1) is 11.9 Å². The minimum atomic E-state index is 0.276. The lowest BCUT2D eigenvalue weighted by molar-refractivity contribution is 0.723. The quantitative estimate of drug-likeness (QED) is 0.576. The van der Waals surface area contributed by atoms with Crippen LogP contribution in [0.1, 0.15) is 50.8 Å². The number of tetrazole rings is 1. The highest BCUT2D eigenvalue weighted by Gasteiger charge is 2.16. The Labute approximate surface area is 138 Å². The molecule has 0 unspecified atom stereocenters. The van der Waals surface area contributed by atoms with Gasteiger partial charge >= 0.3 is 0 Å². The summed E-state index contributed by atoms with van der Waals surface area (Å²) in [5.41, 5.74) is 5.10. The molecule has 4 rings (SSSR count). The number of fused-ring (bicyclic) bond motifs is 2. The van der Waals surface area contributed by atoms with Gasteiger partial charge < -0.3 is 0 Å². The molecule has 0 fully saturated rings. The maximum Gasteiger partial charge on any atom is 0.203 e. The van der Waals surface area contributed by atoms with Crippen LogP contribution in [-0.4, -0.2) is 39.9 Å². The first-order valence-corrected chi connectivity index (χ1v) is 7.99. The molecule has 4 aromatic rings. The van der Waals surface area contributed by atoms with E-state index in [1.54, 1.807) is 6.20 Å². The molecule has 0 atom stereocenters. The molecule has 0 amide bonds. The van der Waals surface area contributed by atoms with Crippen LogP contribution in [0.4, 0.5) is 0 Å². The fourth-order valence-corrected chi connectivity index (χ4v) is 2.69. The zero-order chi connectivity index (χ0) is 16.8. The van der Waals surface area contributed by atoms with Crippen LogP contribution in [0.25, 0.3) is 22.7 Å². The molecule has 0 radical (unpaired) electrons. The van der Waals surface area contributed by atoms with Crippen molar-refractivity contribution in [2.75, 3.05) is 0 Å². The molecule has 0 aliphatic carbocycles. The highest BCUT2D eigenvalue weighted by Crippen LogP contribution is 2.25. The van der Waals surface area contributed by atoms with Gasteiger partial charge in [-0.1, -0.05) is 27.7 Å². The summed E-state index contributed by atoms with van der Waals surface area (Å²) >= 11 is 0. The zero-order valence-electron chi connectivity index (χ0n) is 14.0. The molecule has 4 aromatic heterocycles. The maximum absolute atomic E-state index is 4.71. The Morgan fingerprint density at radius 3 is 2.58 bits per heavy atom. The molecule has 0 aliphatic rings. The highest BCUT2D eigenvalue weighted by molar-refractivity contribution is 5.62. The number of aromatic nitrogens is 8. The third kappa shape index (κ3) is 2.22. The number of hydrogen-bond acceptors (Lipinski definition) is 6. The Morgan fingerprint density at radius 1 is 1.00 bits per heavy atom. The number of rotatable bonds is 3. The van der Waals surface area contributed by atoms with Gasteiger partial charge in [0.2, 0.25) is 5.65 Å². The second-order valence-corrected chi connectivity index (χ2v) is 6.46. The van der Waals surface area contributed by atoms with E-state index in [0.29, 0.717) is 11.6 Å². The predicted molar refractivity (Wildman–Crippen MR) is 88.7 cm³/mol. The molecule has 0 bridgehead atoms. The largest absolute Gasteiger partial charge is 0.235 e. The van der Waals surface area contributed by atoms with Crippen molar-refractivity contribution < 1.29 is 0 Å². The first-order chi connectivity index (χ1) is 11.5. The van der Waals surface area contributed by atoms with Crippen LogP contribution in [0.3, 0.4) is 0 Å². The summed E-state index contributed by atoms with van der Waals surface area (Å²) in [5, 5.41) is 21.0. The fraction of sp³-hybridized carbons (Fsp3) is 0.375. The summed E-state index contributed by atoms with van der Waals surface area (Å²) in [6, 6.07) is 6.00. The summed E-state index contributed by atoms with van der Waals surface area (Å²) in [6.07, 6.45) is 1.79. The van der Waals surface area contributed by atoms with Crippen molar-refractivity contribution in [1.29, 1.82) is 0 Å². The van der Waals surface area contributed by atoms with Crippen molar-refractivity contribution in [3.05, 3.63) is 35.7 Å². The number of hydrogen-bond donors (Lipinski definition) is 0. The fourth-order valence-electron chi connectivity index (χ4n) is 2.69. The van der Waals surface area contributed by atoms with Gasteiger partial charge in [-0.05, 0) is 40.5 Å². The lowest BCUT2D eigenvalue weighted by atomic mass is 10.0. The molecular formula is C16H18N8. The van der Waals surface area contributed by atoms with Crippen molar-refractivity contribution in [3.8, 4) is 11.4 Å². The monoisotopic (exact) mass is 322 g/mol. The van der Waals surface area contributed by atoms with E-state index in [0.717, 1.165) is 28.3 Å². The zero-order valence-corrected chi connectivity index (χ0v) is 14.0. The standard InChI is InChI=1S/C16H18N8/c1-9(2)11-7-13(20-24-16(11)18-21-22-24)14-8-17-15-6-5-12(10(3)4)19-23(14)15/h5-10H,1-4H3. The van der Waals surface area contributed by atoms with E-state index in [1.165, 1.54) is 4.63 Å². The maximum atomic E-state index is 4.71. The van der Waals surface area contributed by atoms with Crippen LogP contribution in [0.5, 0.6) is 0 Å². The smallest absolute Gasteiger partial charge is 0.203 e. The molecule has 4 heterocycles. The van der Waals surface area contributed by atoms with Crippen molar-refractivity contribution in [2.45, 2.75) is 39.5 Å². The third-order valence-electron chi connectivity index (χ3n) is 4.07. The Kier molecular flexibility index (Phi) is 3.26. The Bertz CT molecular complexity index is 1030. The molecule has 8 nitrogen and oxygen atoms in total. The number of nitrogens with zero attached hydrogens (tertiary/aromatic N) is 8. The average molecular weight is 322 g/mol. The molecule has 0 aliphatic heterocycles. The SMILES string of the molecule is CC(C)c1ccc2ncc(-c3cc(C(C)C)c4nnnn4n3)n2n1. The van der Waals surface area contributed by atoms with Crippen LogP contribution in [0.15, 0.2) is 24.4 Å². The molecule has 24 heavy (non-hydrogen) atoms. The summed E-state index contributed by atoms with van der Waals surface area (Å²) in [5.74, 6) is 0.615. The van der Waals surface area contributed by atoms with E-state index in [4.69, 9.17) is 5.10 Å². The van der Waals surface area contributed by atoms with Crippen LogP contribution in [0.2, 0.25) is 0 Å². The van der Waals surface area contributed by atoms with Gasteiger partial charge in [-0.15, -0.1) is 14.8 Å². The molecule has 122 valence electrons. The van der Waals surface area contributed by atoms with Crippen molar-refractivity contribution in [3.63, 3.8) is 0 Å². The molecular weight excluding hydrogens is 304 g/mol. The average Bonchev–Trinajstić information content (AvgIpc) is 3.19. The molecule has 0 saturated heterocycles. The van der Waals surface area contributed by atoms with Crippen LogP contribution >= 0.6 is 0 Å². The lowest BCUT2D eigenvalue weighted by Gasteiger charge is -2.09. The summed E-state index contributed by atoms with van der Waals surface area (Å²) in [7, 11) is 0. The first-order valence-electron chi connectivity index (χ1n) is 7.99. The van der Waals surface area contributed by atoms with Crippen molar-refractivity contribution >= 4 is 11.3 Å². The minimum absolute atomic E-state index is 0.276. The van der Waals surface area contributed by atoms with Crippen LogP contribution in [-0.2, 0) is 0 Å². The normalized spacial score (nSPS) is 12.1. The molecule has 0 N–H and O–H groups in total. The van der Waals surface area contributed by atoms with E-state index in [1.807, 2.05) is 22.7 Å². The van der Waals surface area contributed by atoms with Gasteiger partial charge in [0, 0.05) is 5.56 Å². The summed E-state index contributed by atoms with van der Waals surface area (Å²) in [6.45, 7) is 8.45.